The third-order valence-corrected chi connectivity index (χ3v) is 5.56. The molecule has 0 unspecified atom stereocenters. The molecule has 0 spiro atoms. The topological polar surface area (TPSA) is 17.1 Å². The quantitative estimate of drug-likeness (QED) is 0.523. The summed E-state index contributed by atoms with van der Waals surface area (Å²) in [6, 6.07) is 0. The van der Waals surface area contributed by atoms with Gasteiger partial charge in [-0.05, 0) is 62.2 Å². The number of allylic oxidation sites excluding steroid dienone is 2. The van der Waals surface area contributed by atoms with Gasteiger partial charge in [0, 0.05) is 6.42 Å². The van der Waals surface area contributed by atoms with Crippen LogP contribution in [-0.2, 0) is 4.79 Å². The molecule has 2 aliphatic rings. The van der Waals surface area contributed by atoms with E-state index in [0.29, 0.717) is 11.3 Å². The second-order valence-corrected chi connectivity index (χ2v) is 6.34. The molecule has 0 heterocycles. The molecular weight excluding hydrogens is 208 g/mol. The lowest BCUT2D eigenvalue weighted by molar-refractivity contribution is -0.109. The Kier molecular flexibility index (Phi) is 3.75. The molecule has 4 atom stereocenters. The molecule has 1 heteroatoms. The Labute approximate surface area is 106 Å². The van der Waals surface area contributed by atoms with Gasteiger partial charge in [0.05, 0.1) is 0 Å². The normalized spacial score (nSPS) is 41.2. The Balaban J connectivity index is 2.20. The third kappa shape index (κ3) is 2.09. The molecule has 0 aliphatic heterocycles. The van der Waals surface area contributed by atoms with Gasteiger partial charge in [0.2, 0.25) is 0 Å². The van der Waals surface area contributed by atoms with Crippen molar-refractivity contribution in [2.75, 3.05) is 0 Å². The van der Waals surface area contributed by atoms with Gasteiger partial charge in [-0.15, -0.1) is 0 Å². The van der Waals surface area contributed by atoms with Crippen LogP contribution in [0.15, 0.2) is 11.6 Å². The summed E-state index contributed by atoms with van der Waals surface area (Å²) in [7, 11) is 0. The van der Waals surface area contributed by atoms with Crippen molar-refractivity contribution >= 4 is 6.29 Å². The summed E-state index contributed by atoms with van der Waals surface area (Å²) in [5.74, 6) is 2.13. The molecule has 0 aromatic rings. The van der Waals surface area contributed by atoms with E-state index in [1.165, 1.54) is 32.1 Å². The number of hydrogen-bond donors (Lipinski definition) is 0. The molecule has 0 saturated heterocycles. The van der Waals surface area contributed by atoms with Crippen LogP contribution in [0.4, 0.5) is 0 Å². The first-order chi connectivity index (χ1) is 8.13. The molecule has 2 saturated carbocycles. The van der Waals surface area contributed by atoms with Crippen LogP contribution in [-0.4, -0.2) is 6.29 Å². The molecule has 0 aromatic carbocycles. The number of aldehydes is 1. The van der Waals surface area contributed by atoms with Crippen molar-refractivity contribution in [1.82, 2.24) is 0 Å². The maximum absolute atomic E-state index is 10.7. The highest BCUT2D eigenvalue weighted by atomic mass is 16.1. The Morgan fingerprint density at radius 2 is 2.24 bits per heavy atom. The molecular formula is C16H26O. The number of rotatable bonds is 3. The largest absolute Gasteiger partial charge is 0.303 e. The van der Waals surface area contributed by atoms with Gasteiger partial charge >= 0.3 is 0 Å². The first kappa shape index (κ1) is 12.9. The van der Waals surface area contributed by atoms with Crippen LogP contribution in [0.2, 0.25) is 0 Å². The minimum absolute atomic E-state index is 0.475. The third-order valence-electron chi connectivity index (χ3n) is 5.56. The van der Waals surface area contributed by atoms with Crippen LogP contribution in [0.3, 0.4) is 0 Å². The fourth-order valence-electron chi connectivity index (χ4n) is 4.68. The lowest BCUT2D eigenvalue weighted by atomic mass is 9.61. The second-order valence-electron chi connectivity index (χ2n) is 6.34. The zero-order valence-electron chi connectivity index (χ0n) is 11.5. The Morgan fingerprint density at radius 3 is 2.88 bits per heavy atom. The smallest absolute Gasteiger partial charge is 0.120 e. The highest BCUT2D eigenvalue weighted by Crippen LogP contribution is 2.59. The molecule has 0 radical (unpaired) electrons. The molecule has 0 N–H and O–H groups in total. The summed E-state index contributed by atoms with van der Waals surface area (Å²) in [5.41, 5.74) is 2.17. The summed E-state index contributed by atoms with van der Waals surface area (Å²) in [5, 5.41) is 0. The Morgan fingerprint density at radius 1 is 1.47 bits per heavy atom. The van der Waals surface area contributed by atoms with Crippen LogP contribution >= 0.6 is 0 Å². The maximum atomic E-state index is 10.7. The summed E-state index contributed by atoms with van der Waals surface area (Å²) < 4.78 is 0. The van der Waals surface area contributed by atoms with E-state index in [1.807, 2.05) is 0 Å². The number of carbonyl (C=O) groups excluding carboxylic acids is 1. The van der Waals surface area contributed by atoms with Crippen molar-refractivity contribution in [3.05, 3.63) is 11.6 Å². The van der Waals surface area contributed by atoms with E-state index >= 15 is 0 Å². The fourth-order valence-corrected chi connectivity index (χ4v) is 4.68. The van der Waals surface area contributed by atoms with E-state index in [0.717, 1.165) is 24.5 Å². The van der Waals surface area contributed by atoms with Crippen molar-refractivity contribution in [1.29, 1.82) is 0 Å². The SMILES string of the molecule is C/C=C1\CCC[C@]2(C)[C@@H]([C@H](C)CC=O)CC[C@@H]12. The predicted octanol–water partition coefficient (Wildman–Crippen LogP) is 4.37. The number of fused-ring (bicyclic) bond motifs is 1. The van der Waals surface area contributed by atoms with Gasteiger partial charge < -0.3 is 4.79 Å². The van der Waals surface area contributed by atoms with Crippen molar-refractivity contribution in [2.45, 2.75) is 59.3 Å². The molecule has 0 amide bonds. The first-order valence-corrected chi connectivity index (χ1v) is 7.22. The standard InChI is InChI=1S/C16H26O/c1-4-13-6-5-10-16(3)14(7-8-15(13)16)12(2)9-11-17/h4,11-12,14-15H,5-10H2,1-3H3/b13-4+/t12-,14-,15+,16-/m1/s1. The van der Waals surface area contributed by atoms with E-state index < -0.39 is 0 Å². The van der Waals surface area contributed by atoms with Gasteiger partial charge in [-0.3, -0.25) is 0 Å². The lowest BCUT2D eigenvalue weighted by Crippen LogP contribution is -2.36. The first-order valence-electron chi connectivity index (χ1n) is 7.22. The Bertz CT molecular complexity index is 317. The highest BCUT2D eigenvalue weighted by Gasteiger charge is 2.50. The second kappa shape index (κ2) is 4.96. The van der Waals surface area contributed by atoms with Gasteiger partial charge in [0.15, 0.2) is 0 Å². The van der Waals surface area contributed by atoms with Gasteiger partial charge in [-0.25, -0.2) is 0 Å². The van der Waals surface area contributed by atoms with Crippen molar-refractivity contribution in [3.63, 3.8) is 0 Å². The van der Waals surface area contributed by atoms with E-state index in [-0.39, 0.29) is 0 Å². The van der Waals surface area contributed by atoms with Crippen molar-refractivity contribution in [3.8, 4) is 0 Å². The van der Waals surface area contributed by atoms with Crippen molar-refractivity contribution in [2.24, 2.45) is 23.2 Å². The zero-order chi connectivity index (χ0) is 12.5. The summed E-state index contributed by atoms with van der Waals surface area (Å²) in [4.78, 5) is 10.7. The summed E-state index contributed by atoms with van der Waals surface area (Å²) in [6.45, 7) is 6.96. The minimum atomic E-state index is 0.475. The lowest BCUT2D eigenvalue weighted by Gasteiger charge is -2.44. The average Bonchev–Trinajstić information content (AvgIpc) is 2.66. The van der Waals surface area contributed by atoms with Crippen LogP contribution < -0.4 is 0 Å². The molecule has 0 bridgehead atoms. The average molecular weight is 234 g/mol. The molecule has 2 aliphatic carbocycles. The molecule has 2 rings (SSSR count). The monoisotopic (exact) mass is 234 g/mol. The van der Waals surface area contributed by atoms with Gasteiger partial charge in [-0.2, -0.15) is 0 Å². The molecule has 2 fully saturated rings. The Hall–Kier alpha value is -0.590. The fraction of sp³-hybridized carbons (Fsp3) is 0.812. The molecule has 0 aromatic heterocycles. The molecule has 1 nitrogen and oxygen atoms in total. The van der Waals surface area contributed by atoms with Gasteiger partial charge in [0.1, 0.15) is 6.29 Å². The zero-order valence-corrected chi connectivity index (χ0v) is 11.5. The molecule has 96 valence electrons. The maximum Gasteiger partial charge on any atom is 0.120 e. The summed E-state index contributed by atoms with van der Waals surface area (Å²) >= 11 is 0. The summed E-state index contributed by atoms with van der Waals surface area (Å²) in [6.07, 6.45) is 10.9. The van der Waals surface area contributed by atoms with Crippen molar-refractivity contribution < 1.29 is 4.79 Å². The van der Waals surface area contributed by atoms with Crippen LogP contribution in [0.1, 0.15) is 59.3 Å². The minimum Gasteiger partial charge on any atom is -0.303 e. The van der Waals surface area contributed by atoms with Crippen LogP contribution in [0.5, 0.6) is 0 Å². The predicted molar refractivity (Wildman–Crippen MR) is 71.8 cm³/mol. The van der Waals surface area contributed by atoms with Crippen LogP contribution in [0, 0.1) is 23.2 Å². The van der Waals surface area contributed by atoms with Gasteiger partial charge in [-0.1, -0.05) is 25.5 Å². The van der Waals surface area contributed by atoms with E-state index in [9.17, 15) is 4.79 Å². The van der Waals surface area contributed by atoms with E-state index in [1.54, 1.807) is 5.57 Å². The number of carbonyl (C=O) groups is 1. The van der Waals surface area contributed by atoms with Gasteiger partial charge in [0.25, 0.3) is 0 Å². The van der Waals surface area contributed by atoms with Crippen LogP contribution in [0.25, 0.3) is 0 Å². The highest BCUT2D eigenvalue weighted by molar-refractivity contribution is 5.49. The number of hydrogen-bond acceptors (Lipinski definition) is 1. The van der Waals surface area contributed by atoms with E-state index in [2.05, 4.69) is 26.8 Å². The van der Waals surface area contributed by atoms with E-state index in [4.69, 9.17) is 0 Å². The molecule has 17 heavy (non-hydrogen) atoms.